The largest absolute Gasteiger partial charge is 0.477 e. The minimum Gasteiger partial charge on any atom is -0.477 e. The molecule has 1 unspecified atom stereocenters. The summed E-state index contributed by atoms with van der Waals surface area (Å²) in [5.74, 6) is 0.565. The summed E-state index contributed by atoms with van der Waals surface area (Å²) in [5, 5.41) is 11.9. The molecule has 0 bridgehead atoms. The average molecular weight is 236 g/mol. The van der Waals surface area contributed by atoms with Crippen LogP contribution in [0.25, 0.3) is 0 Å². The smallest absolute Gasteiger partial charge is 0.265 e. The van der Waals surface area contributed by atoms with E-state index in [0.29, 0.717) is 18.8 Å². The number of aliphatic hydroxyl groups is 1. The third-order valence-electron chi connectivity index (χ3n) is 2.72. The van der Waals surface area contributed by atoms with E-state index in [9.17, 15) is 4.79 Å². The van der Waals surface area contributed by atoms with Gasteiger partial charge in [-0.3, -0.25) is 4.79 Å². The van der Waals surface area contributed by atoms with Gasteiger partial charge in [0.15, 0.2) is 6.10 Å². The second kappa shape index (κ2) is 5.05. The Morgan fingerprint density at radius 3 is 3.12 bits per heavy atom. The van der Waals surface area contributed by atoms with Crippen LogP contribution >= 0.6 is 0 Å². The van der Waals surface area contributed by atoms with Gasteiger partial charge < -0.3 is 20.1 Å². The normalized spacial score (nSPS) is 17.6. The Kier molecular flexibility index (Phi) is 3.49. The molecule has 17 heavy (non-hydrogen) atoms. The van der Waals surface area contributed by atoms with Crippen molar-refractivity contribution in [2.75, 3.05) is 32.1 Å². The summed E-state index contributed by atoms with van der Waals surface area (Å²) in [5.41, 5.74) is 0.904. The highest BCUT2D eigenvalue weighted by Crippen LogP contribution is 2.28. The maximum Gasteiger partial charge on any atom is 0.265 e. The number of amides is 1. The highest BCUT2D eigenvalue weighted by Gasteiger charge is 2.27. The minimum absolute atomic E-state index is 0.0427. The number of nitrogens with one attached hydrogen (secondary N) is 1. The number of likely N-dealkylation sites (N-methyl/N-ethyl adjacent to an activating group) is 1. The fourth-order valence-electron chi connectivity index (χ4n) is 1.76. The summed E-state index contributed by atoms with van der Waals surface area (Å²) < 4.78 is 5.63. The first-order valence-corrected chi connectivity index (χ1v) is 5.58. The Bertz CT molecular complexity index is 408. The van der Waals surface area contributed by atoms with Crippen molar-refractivity contribution < 1.29 is 14.6 Å². The number of nitrogens with zero attached hydrogens (tertiary/aromatic N) is 1. The van der Waals surface area contributed by atoms with Crippen molar-refractivity contribution in [3.63, 3.8) is 0 Å². The van der Waals surface area contributed by atoms with Crippen LogP contribution in [0.1, 0.15) is 0 Å². The fraction of sp³-hybridized carbons (Fsp3) is 0.417. The van der Waals surface area contributed by atoms with Crippen LogP contribution in [0.4, 0.5) is 5.69 Å². The van der Waals surface area contributed by atoms with Crippen LogP contribution in [0.5, 0.6) is 5.75 Å². The highest BCUT2D eigenvalue weighted by molar-refractivity contribution is 5.83. The Labute approximate surface area is 100.0 Å². The monoisotopic (exact) mass is 236 g/mol. The molecule has 2 rings (SSSR count). The molecule has 1 aliphatic rings. The first-order valence-electron chi connectivity index (χ1n) is 5.58. The lowest BCUT2D eigenvalue weighted by atomic mass is 10.2. The van der Waals surface area contributed by atoms with Gasteiger partial charge in [-0.25, -0.2) is 0 Å². The van der Waals surface area contributed by atoms with Crippen LogP contribution in [-0.2, 0) is 4.79 Å². The van der Waals surface area contributed by atoms with E-state index in [1.165, 1.54) is 4.90 Å². The molecular formula is C12H16N2O3. The van der Waals surface area contributed by atoms with Crippen LogP contribution in [0.2, 0.25) is 0 Å². The van der Waals surface area contributed by atoms with E-state index in [1.54, 1.807) is 7.05 Å². The molecule has 92 valence electrons. The number of hydrogen-bond acceptors (Lipinski definition) is 4. The molecule has 5 heteroatoms. The minimum atomic E-state index is -0.526. The zero-order valence-electron chi connectivity index (χ0n) is 9.72. The van der Waals surface area contributed by atoms with Crippen LogP contribution in [-0.4, -0.2) is 48.8 Å². The van der Waals surface area contributed by atoms with Gasteiger partial charge in [0.2, 0.25) is 0 Å². The molecule has 1 heterocycles. The molecule has 2 N–H and O–H groups in total. The number of hydrogen-bond donors (Lipinski definition) is 2. The molecule has 0 fully saturated rings. The molecule has 0 aliphatic carbocycles. The van der Waals surface area contributed by atoms with Gasteiger partial charge in [0.1, 0.15) is 5.75 Å². The maximum absolute atomic E-state index is 11.9. The van der Waals surface area contributed by atoms with Crippen molar-refractivity contribution in [2.45, 2.75) is 6.10 Å². The summed E-state index contributed by atoms with van der Waals surface area (Å²) in [6, 6.07) is 7.52. The highest BCUT2D eigenvalue weighted by atomic mass is 16.5. The summed E-state index contributed by atoms with van der Waals surface area (Å²) in [6.07, 6.45) is -0.526. The van der Waals surface area contributed by atoms with Crippen LogP contribution in [0.3, 0.4) is 0 Å². The van der Waals surface area contributed by atoms with Gasteiger partial charge in [0.05, 0.1) is 18.8 Å². The lowest BCUT2D eigenvalue weighted by Crippen LogP contribution is -2.46. The number of para-hydroxylation sites is 2. The topological polar surface area (TPSA) is 61.8 Å². The number of fused-ring (bicyclic) bond motifs is 1. The Morgan fingerprint density at radius 2 is 2.35 bits per heavy atom. The third-order valence-corrected chi connectivity index (χ3v) is 2.72. The summed E-state index contributed by atoms with van der Waals surface area (Å²) >= 11 is 0. The zero-order chi connectivity index (χ0) is 12.3. The molecule has 1 aromatic carbocycles. The van der Waals surface area contributed by atoms with Gasteiger partial charge in [-0.05, 0) is 12.1 Å². The first-order chi connectivity index (χ1) is 8.22. The zero-order valence-corrected chi connectivity index (χ0v) is 9.72. The predicted molar refractivity (Wildman–Crippen MR) is 64.1 cm³/mol. The van der Waals surface area contributed by atoms with Crippen LogP contribution in [0.15, 0.2) is 24.3 Å². The summed E-state index contributed by atoms with van der Waals surface area (Å²) in [6.45, 7) is 0.727. The maximum atomic E-state index is 11.9. The number of carbonyl (C=O) groups excluding carboxylic acids is 1. The summed E-state index contributed by atoms with van der Waals surface area (Å²) in [7, 11) is 1.66. The molecular weight excluding hydrogens is 220 g/mol. The number of carbonyl (C=O) groups is 1. The average Bonchev–Trinajstić information content (AvgIpc) is 2.37. The van der Waals surface area contributed by atoms with E-state index >= 15 is 0 Å². The number of benzene rings is 1. The van der Waals surface area contributed by atoms with Gasteiger partial charge >= 0.3 is 0 Å². The second-order valence-electron chi connectivity index (χ2n) is 3.97. The van der Waals surface area contributed by atoms with E-state index < -0.39 is 6.10 Å². The standard InChI is InChI=1S/C12H16N2O3/c1-14(6-7-15)12(16)11-8-13-9-4-2-3-5-10(9)17-11/h2-5,11,13,15H,6-8H2,1H3. The van der Waals surface area contributed by atoms with E-state index in [4.69, 9.17) is 9.84 Å². The molecule has 1 aromatic rings. The number of anilines is 1. The number of rotatable bonds is 3. The lowest BCUT2D eigenvalue weighted by Gasteiger charge is -2.29. The Morgan fingerprint density at radius 1 is 1.59 bits per heavy atom. The quantitative estimate of drug-likeness (QED) is 0.793. The van der Waals surface area contributed by atoms with Gasteiger partial charge in [-0.2, -0.15) is 0 Å². The molecule has 0 spiro atoms. The van der Waals surface area contributed by atoms with Crippen molar-refractivity contribution in [3.05, 3.63) is 24.3 Å². The van der Waals surface area contributed by atoms with E-state index in [1.807, 2.05) is 24.3 Å². The van der Waals surface area contributed by atoms with Crippen LogP contribution in [0, 0.1) is 0 Å². The number of aliphatic hydroxyl groups excluding tert-OH is 1. The first kappa shape index (κ1) is 11.7. The molecule has 1 amide bonds. The van der Waals surface area contributed by atoms with Crippen molar-refractivity contribution in [3.8, 4) is 5.75 Å². The molecule has 0 saturated carbocycles. The summed E-state index contributed by atoms with van der Waals surface area (Å²) in [4.78, 5) is 13.4. The molecule has 0 saturated heterocycles. The van der Waals surface area contributed by atoms with E-state index in [0.717, 1.165) is 5.69 Å². The SMILES string of the molecule is CN(CCO)C(=O)C1CNc2ccccc2O1. The van der Waals surface area contributed by atoms with Crippen molar-refractivity contribution in [1.82, 2.24) is 4.90 Å². The van der Waals surface area contributed by atoms with Gasteiger partial charge in [0, 0.05) is 13.6 Å². The third kappa shape index (κ3) is 2.50. The second-order valence-corrected chi connectivity index (χ2v) is 3.97. The van der Waals surface area contributed by atoms with Gasteiger partial charge in [-0.1, -0.05) is 12.1 Å². The molecule has 0 aromatic heterocycles. The van der Waals surface area contributed by atoms with Crippen molar-refractivity contribution in [2.24, 2.45) is 0 Å². The predicted octanol–water partition coefficient (Wildman–Crippen LogP) is 0.310. The van der Waals surface area contributed by atoms with Crippen molar-refractivity contribution >= 4 is 11.6 Å². The molecule has 1 aliphatic heterocycles. The Hall–Kier alpha value is -1.75. The van der Waals surface area contributed by atoms with Crippen molar-refractivity contribution in [1.29, 1.82) is 0 Å². The molecule has 5 nitrogen and oxygen atoms in total. The lowest BCUT2D eigenvalue weighted by molar-refractivity contribution is -0.137. The van der Waals surface area contributed by atoms with Crippen LogP contribution < -0.4 is 10.1 Å². The van der Waals surface area contributed by atoms with Gasteiger partial charge in [-0.15, -0.1) is 0 Å². The fourth-order valence-corrected chi connectivity index (χ4v) is 1.76. The van der Waals surface area contributed by atoms with E-state index in [-0.39, 0.29) is 12.5 Å². The Balaban J connectivity index is 2.05. The van der Waals surface area contributed by atoms with Gasteiger partial charge in [0.25, 0.3) is 5.91 Å². The number of ether oxygens (including phenoxy) is 1. The van der Waals surface area contributed by atoms with E-state index in [2.05, 4.69) is 5.32 Å². The molecule has 0 radical (unpaired) electrons. The molecule has 1 atom stereocenters.